The number of anilines is 3. The molecule has 5 rings (SSSR count). The average molecular weight is 640 g/mol. The molecule has 0 spiro atoms. The van der Waals surface area contributed by atoms with Crippen LogP contribution in [0.5, 0.6) is 11.5 Å². The van der Waals surface area contributed by atoms with Gasteiger partial charge in [0, 0.05) is 27.9 Å². The molecule has 228 valence electrons. The maximum atomic E-state index is 12.7. The third kappa shape index (κ3) is 8.26. The third-order valence-corrected chi connectivity index (χ3v) is 7.69. The number of hydrogen-bond acceptors (Lipinski definition) is 8. The van der Waals surface area contributed by atoms with Gasteiger partial charge in [-0.05, 0) is 67.4 Å². The van der Waals surface area contributed by atoms with Gasteiger partial charge in [0.2, 0.25) is 0 Å². The first-order valence-electron chi connectivity index (χ1n) is 13.9. The number of nitrogens with one attached hydrogen (secondary N) is 3. The molecular formula is C34H30ClN5O4S. The van der Waals surface area contributed by atoms with Crippen LogP contribution in [0.25, 0.3) is 11.3 Å². The van der Waals surface area contributed by atoms with Crippen LogP contribution in [0, 0.1) is 13.8 Å². The normalized spacial score (nSPS) is 10.8. The maximum absolute atomic E-state index is 12.7. The molecule has 0 unspecified atom stereocenters. The van der Waals surface area contributed by atoms with Crippen LogP contribution in [0.15, 0.2) is 95.4 Å². The quantitative estimate of drug-likeness (QED) is 0.101. The number of benzene rings is 4. The molecule has 0 saturated heterocycles. The second-order valence-corrected chi connectivity index (χ2v) is 11.3. The van der Waals surface area contributed by atoms with Crippen molar-refractivity contribution in [3.05, 3.63) is 118 Å². The number of hydrazone groups is 1. The van der Waals surface area contributed by atoms with Gasteiger partial charge >= 0.3 is 0 Å². The number of thiazole rings is 1. The van der Waals surface area contributed by atoms with E-state index in [-0.39, 0.29) is 29.2 Å². The molecule has 5 aromatic rings. The standard InChI is InChI=1S/C34H30ClN5O4S/c1-21-8-14-26(15-9-21)37-34-39-29(20-45-34)24-10-12-25(13-11-24)33(42)40-36-18-23-16-27(35)32(30(17-23)43-3)44-19-31(41)38-28-7-5-4-6-22(28)2/h4-18,20H,19H2,1-3H3,(H,37,39)(H,38,41)(H,40,42)/b36-18+. The highest BCUT2D eigenvalue weighted by Gasteiger charge is 2.14. The number of nitrogens with zero attached hydrogens (tertiary/aromatic N) is 2. The Morgan fingerprint density at radius 3 is 2.49 bits per heavy atom. The minimum absolute atomic E-state index is 0.221. The number of methoxy groups -OCH3 is 1. The fourth-order valence-corrected chi connectivity index (χ4v) is 5.25. The Hall–Kier alpha value is -5.19. The minimum atomic E-state index is -0.379. The van der Waals surface area contributed by atoms with Gasteiger partial charge in [0.05, 0.1) is 24.0 Å². The van der Waals surface area contributed by atoms with Gasteiger partial charge in [-0.1, -0.05) is 59.6 Å². The van der Waals surface area contributed by atoms with Gasteiger partial charge in [0.15, 0.2) is 23.2 Å². The number of hydrogen-bond donors (Lipinski definition) is 3. The molecule has 4 aromatic carbocycles. The second-order valence-electron chi connectivity index (χ2n) is 9.99. The van der Waals surface area contributed by atoms with E-state index in [4.69, 9.17) is 21.1 Å². The molecule has 0 aliphatic carbocycles. The van der Waals surface area contributed by atoms with Crippen LogP contribution in [0.2, 0.25) is 5.02 Å². The van der Waals surface area contributed by atoms with Crippen molar-refractivity contribution >= 4 is 57.5 Å². The van der Waals surface area contributed by atoms with Gasteiger partial charge in [-0.25, -0.2) is 10.4 Å². The Morgan fingerprint density at radius 2 is 1.76 bits per heavy atom. The van der Waals surface area contributed by atoms with Crippen molar-refractivity contribution in [3.8, 4) is 22.8 Å². The molecule has 0 radical (unpaired) electrons. The summed E-state index contributed by atoms with van der Waals surface area (Å²) in [6.45, 7) is 3.68. The second kappa shape index (κ2) is 14.5. The number of carbonyl (C=O) groups is 2. The summed E-state index contributed by atoms with van der Waals surface area (Å²) in [5.74, 6) is -0.182. The summed E-state index contributed by atoms with van der Waals surface area (Å²) in [5, 5.41) is 13.1. The number of halogens is 1. The summed E-state index contributed by atoms with van der Waals surface area (Å²) in [7, 11) is 1.46. The first-order valence-corrected chi connectivity index (χ1v) is 15.1. The van der Waals surface area contributed by atoms with E-state index < -0.39 is 0 Å². The molecule has 0 aliphatic rings. The first-order chi connectivity index (χ1) is 21.8. The molecule has 0 fully saturated rings. The molecule has 3 N–H and O–H groups in total. The number of aromatic nitrogens is 1. The number of amides is 2. The number of ether oxygens (including phenoxy) is 2. The first kappa shape index (κ1) is 31.2. The van der Waals surface area contributed by atoms with Crippen molar-refractivity contribution in [2.24, 2.45) is 5.10 Å². The Bertz CT molecular complexity index is 1840. The molecule has 11 heteroatoms. The molecule has 9 nitrogen and oxygen atoms in total. The van der Waals surface area contributed by atoms with Crippen LogP contribution < -0.4 is 25.5 Å². The lowest BCUT2D eigenvalue weighted by Gasteiger charge is -2.14. The van der Waals surface area contributed by atoms with Gasteiger partial charge in [-0.3, -0.25) is 9.59 Å². The zero-order chi connectivity index (χ0) is 31.8. The van der Waals surface area contributed by atoms with E-state index in [9.17, 15) is 9.59 Å². The summed E-state index contributed by atoms with van der Waals surface area (Å²) in [4.78, 5) is 29.8. The molecule has 1 aromatic heterocycles. The predicted octanol–water partition coefficient (Wildman–Crippen LogP) is 7.61. The van der Waals surface area contributed by atoms with Crippen molar-refractivity contribution in [1.82, 2.24) is 10.4 Å². The van der Waals surface area contributed by atoms with Crippen molar-refractivity contribution < 1.29 is 19.1 Å². The topological polar surface area (TPSA) is 114 Å². The highest BCUT2D eigenvalue weighted by molar-refractivity contribution is 7.14. The SMILES string of the molecule is COc1cc(/C=N/NC(=O)c2ccc(-c3csc(Nc4ccc(C)cc4)n3)cc2)cc(Cl)c1OCC(=O)Nc1ccccc1C. The van der Waals surface area contributed by atoms with Crippen LogP contribution >= 0.6 is 22.9 Å². The van der Waals surface area contributed by atoms with Crippen molar-refractivity contribution in [1.29, 1.82) is 0 Å². The zero-order valence-electron chi connectivity index (χ0n) is 24.8. The van der Waals surface area contributed by atoms with Gasteiger partial charge in [-0.2, -0.15) is 5.10 Å². The molecule has 0 atom stereocenters. The predicted molar refractivity (Wildman–Crippen MR) is 180 cm³/mol. The number of rotatable bonds is 11. The van der Waals surface area contributed by atoms with E-state index in [2.05, 4.69) is 26.1 Å². The molecule has 0 saturated carbocycles. The number of aryl methyl sites for hydroxylation is 2. The third-order valence-electron chi connectivity index (χ3n) is 6.65. The summed E-state index contributed by atoms with van der Waals surface area (Å²) in [5.41, 5.74) is 9.02. The van der Waals surface area contributed by atoms with Crippen LogP contribution in [0.1, 0.15) is 27.0 Å². The highest BCUT2D eigenvalue weighted by Crippen LogP contribution is 2.36. The van der Waals surface area contributed by atoms with E-state index in [1.54, 1.807) is 24.3 Å². The van der Waals surface area contributed by atoms with Crippen LogP contribution in [-0.2, 0) is 4.79 Å². The fourth-order valence-electron chi connectivity index (χ4n) is 4.24. The Balaban J connectivity index is 1.16. The molecule has 0 aliphatic heterocycles. The van der Waals surface area contributed by atoms with E-state index >= 15 is 0 Å². The van der Waals surface area contributed by atoms with Crippen LogP contribution in [-0.4, -0.2) is 36.7 Å². The largest absolute Gasteiger partial charge is 0.493 e. The fraction of sp³-hybridized carbons (Fsp3) is 0.118. The number of carbonyl (C=O) groups excluding carboxylic acids is 2. The summed E-state index contributed by atoms with van der Waals surface area (Å²) in [6.07, 6.45) is 1.44. The monoisotopic (exact) mass is 639 g/mol. The number of para-hydroxylation sites is 1. The smallest absolute Gasteiger partial charge is 0.271 e. The highest BCUT2D eigenvalue weighted by atomic mass is 35.5. The molecule has 1 heterocycles. The van der Waals surface area contributed by atoms with Crippen LogP contribution in [0.4, 0.5) is 16.5 Å². The van der Waals surface area contributed by atoms with E-state index in [0.29, 0.717) is 22.6 Å². The Morgan fingerprint density at radius 1 is 1.00 bits per heavy atom. The molecule has 45 heavy (non-hydrogen) atoms. The summed E-state index contributed by atoms with van der Waals surface area (Å²) in [6, 6.07) is 25.9. The zero-order valence-corrected chi connectivity index (χ0v) is 26.3. The lowest BCUT2D eigenvalue weighted by molar-refractivity contribution is -0.118. The van der Waals surface area contributed by atoms with Crippen LogP contribution in [0.3, 0.4) is 0 Å². The summed E-state index contributed by atoms with van der Waals surface area (Å²) < 4.78 is 11.1. The molecule has 0 bridgehead atoms. The Labute approximate surface area is 269 Å². The van der Waals surface area contributed by atoms with Gasteiger partial charge in [-0.15, -0.1) is 11.3 Å². The van der Waals surface area contributed by atoms with E-state index in [1.807, 2.05) is 79.9 Å². The maximum Gasteiger partial charge on any atom is 0.271 e. The lowest BCUT2D eigenvalue weighted by Crippen LogP contribution is -2.21. The van der Waals surface area contributed by atoms with Gasteiger partial charge in [0.25, 0.3) is 11.8 Å². The van der Waals surface area contributed by atoms with Crippen molar-refractivity contribution in [2.45, 2.75) is 13.8 Å². The minimum Gasteiger partial charge on any atom is -0.493 e. The summed E-state index contributed by atoms with van der Waals surface area (Å²) >= 11 is 7.95. The van der Waals surface area contributed by atoms with E-state index in [1.165, 1.54) is 30.2 Å². The average Bonchev–Trinajstić information content (AvgIpc) is 3.51. The van der Waals surface area contributed by atoms with Crippen molar-refractivity contribution in [3.63, 3.8) is 0 Å². The molecular weight excluding hydrogens is 610 g/mol. The van der Waals surface area contributed by atoms with Gasteiger partial charge < -0.3 is 20.1 Å². The molecule has 2 amide bonds. The van der Waals surface area contributed by atoms with E-state index in [0.717, 1.165) is 27.6 Å². The lowest BCUT2D eigenvalue weighted by atomic mass is 10.1. The Kier molecular flexibility index (Phi) is 10.1. The van der Waals surface area contributed by atoms with Crippen molar-refractivity contribution in [2.75, 3.05) is 24.4 Å². The van der Waals surface area contributed by atoms with Gasteiger partial charge in [0.1, 0.15) is 0 Å².